The lowest BCUT2D eigenvalue weighted by atomic mass is 10.1. The molecule has 0 aliphatic rings. The van der Waals surface area contributed by atoms with Crippen molar-refractivity contribution in [3.8, 4) is 10.8 Å². The average molecular weight is 459 g/mol. The highest BCUT2D eigenvalue weighted by atomic mass is 32.1. The Balaban J connectivity index is 1.81. The summed E-state index contributed by atoms with van der Waals surface area (Å²) in [5.74, 6) is -1.34. The Kier molecular flexibility index (Phi) is 5.81. The monoisotopic (exact) mass is 458 g/mol. The zero-order valence-electron chi connectivity index (χ0n) is 17.7. The summed E-state index contributed by atoms with van der Waals surface area (Å²) in [6.07, 6.45) is -4.50. The Morgan fingerprint density at radius 3 is 2.38 bits per heavy atom. The van der Waals surface area contributed by atoms with E-state index >= 15 is 0 Å². The van der Waals surface area contributed by atoms with Crippen molar-refractivity contribution in [3.63, 3.8) is 0 Å². The molecule has 0 fully saturated rings. The van der Waals surface area contributed by atoms with Gasteiger partial charge in [0.2, 0.25) is 11.8 Å². The van der Waals surface area contributed by atoms with Crippen LogP contribution < -0.4 is 0 Å². The SMILES string of the molecule is CC(C)(C)O/C(=N/c1oc(-c2cc3ccccc3s2)nc1Cc1ccccc1)C(F)(F)F. The number of aliphatic imine (C=N–C) groups is 1. The highest BCUT2D eigenvalue weighted by Crippen LogP contribution is 2.37. The number of aromatic nitrogens is 1. The fraction of sp³-hybridized carbons (Fsp3) is 0.250. The van der Waals surface area contributed by atoms with Crippen molar-refractivity contribution in [2.24, 2.45) is 4.99 Å². The molecule has 0 atom stereocenters. The number of benzene rings is 2. The van der Waals surface area contributed by atoms with Crippen LogP contribution in [0.4, 0.5) is 19.1 Å². The second-order valence-corrected chi connectivity index (χ2v) is 9.29. The van der Waals surface area contributed by atoms with Gasteiger partial charge in [0, 0.05) is 11.1 Å². The molecule has 2 aromatic heterocycles. The summed E-state index contributed by atoms with van der Waals surface area (Å²) in [6, 6.07) is 19.0. The van der Waals surface area contributed by atoms with E-state index in [0.717, 1.165) is 15.6 Å². The Bertz CT molecular complexity index is 1220. The molecule has 8 heteroatoms. The first-order valence-electron chi connectivity index (χ1n) is 9.96. The summed E-state index contributed by atoms with van der Waals surface area (Å²) in [7, 11) is 0. The summed E-state index contributed by atoms with van der Waals surface area (Å²) in [4.78, 5) is 8.99. The molecule has 0 aliphatic carbocycles. The Hall–Kier alpha value is -3.13. The fourth-order valence-electron chi connectivity index (χ4n) is 3.05. The summed E-state index contributed by atoms with van der Waals surface area (Å²) in [6.45, 7) is 4.59. The van der Waals surface area contributed by atoms with Gasteiger partial charge in [0.1, 0.15) is 11.3 Å². The average Bonchev–Trinajstić information content (AvgIpc) is 3.31. The van der Waals surface area contributed by atoms with Crippen LogP contribution in [-0.4, -0.2) is 22.7 Å². The highest BCUT2D eigenvalue weighted by Gasteiger charge is 2.41. The van der Waals surface area contributed by atoms with E-state index in [2.05, 4.69) is 9.98 Å². The van der Waals surface area contributed by atoms with Gasteiger partial charge in [0.15, 0.2) is 0 Å². The molecule has 4 rings (SSSR count). The van der Waals surface area contributed by atoms with E-state index in [1.165, 1.54) is 32.1 Å². The van der Waals surface area contributed by atoms with Crippen LogP contribution in [-0.2, 0) is 11.2 Å². The molecule has 0 spiro atoms. The molecule has 0 bridgehead atoms. The zero-order chi connectivity index (χ0) is 22.9. The number of fused-ring (bicyclic) bond motifs is 1. The quantitative estimate of drug-likeness (QED) is 0.234. The zero-order valence-corrected chi connectivity index (χ0v) is 18.6. The molecule has 0 radical (unpaired) electrons. The van der Waals surface area contributed by atoms with Crippen molar-refractivity contribution in [3.05, 3.63) is 71.9 Å². The minimum atomic E-state index is -4.78. The van der Waals surface area contributed by atoms with Gasteiger partial charge in [-0.1, -0.05) is 48.5 Å². The van der Waals surface area contributed by atoms with Crippen molar-refractivity contribution in [1.82, 2.24) is 4.98 Å². The lowest BCUT2D eigenvalue weighted by Crippen LogP contribution is -2.33. The first-order chi connectivity index (χ1) is 15.1. The molecular formula is C24H21F3N2O2S. The first kappa shape index (κ1) is 22.1. The molecule has 2 heterocycles. The largest absolute Gasteiger partial charge is 0.468 e. The maximum atomic E-state index is 13.6. The van der Waals surface area contributed by atoms with Gasteiger partial charge in [-0.15, -0.1) is 11.3 Å². The molecule has 2 aromatic carbocycles. The second kappa shape index (κ2) is 8.43. The second-order valence-electron chi connectivity index (χ2n) is 8.21. The normalized spacial score (nSPS) is 13.0. The van der Waals surface area contributed by atoms with E-state index in [-0.39, 0.29) is 18.2 Å². The number of oxazole rings is 1. The predicted molar refractivity (Wildman–Crippen MR) is 121 cm³/mol. The molecule has 0 amide bonds. The van der Waals surface area contributed by atoms with Gasteiger partial charge in [-0.05, 0) is 43.9 Å². The summed E-state index contributed by atoms with van der Waals surface area (Å²) in [5, 5.41) is 1.01. The van der Waals surface area contributed by atoms with Gasteiger partial charge in [-0.2, -0.15) is 18.2 Å². The van der Waals surface area contributed by atoms with Crippen LogP contribution in [0, 0.1) is 0 Å². The van der Waals surface area contributed by atoms with Crippen LogP contribution in [0.2, 0.25) is 0 Å². The van der Waals surface area contributed by atoms with E-state index in [9.17, 15) is 13.2 Å². The third-order valence-corrected chi connectivity index (χ3v) is 5.48. The molecule has 0 unspecified atom stereocenters. The van der Waals surface area contributed by atoms with Gasteiger partial charge >= 0.3 is 12.1 Å². The summed E-state index contributed by atoms with van der Waals surface area (Å²) >= 11 is 1.45. The van der Waals surface area contributed by atoms with Crippen LogP contribution in [0.5, 0.6) is 0 Å². The van der Waals surface area contributed by atoms with Crippen LogP contribution >= 0.6 is 11.3 Å². The van der Waals surface area contributed by atoms with Crippen LogP contribution in [0.25, 0.3) is 20.9 Å². The van der Waals surface area contributed by atoms with Gasteiger partial charge in [0.05, 0.1) is 4.88 Å². The van der Waals surface area contributed by atoms with Gasteiger partial charge in [0.25, 0.3) is 0 Å². The fourth-order valence-corrected chi connectivity index (χ4v) is 4.04. The van der Waals surface area contributed by atoms with Gasteiger partial charge in [-0.3, -0.25) is 0 Å². The number of alkyl halides is 3. The highest BCUT2D eigenvalue weighted by molar-refractivity contribution is 7.22. The molecule has 0 aliphatic heterocycles. The summed E-state index contributed by atoms with van der Waals surface area (Å²) in [5.41, 5.74) is 0.107. The lowest BCUT2D eigenvalue weighted by Gasteiger charge is -2.23. The molecule has 32 heavy (non-hydrogen) atoms. The van der Waals surface area contributed by atoms with Gasteiger partial charge in [-0.25, -0.2) is 4.98 Å². The third kappa shape index (κ3) is 5.19. The molecular weight excluding hydrogens is 437 g/mol. The number of rotatable bonds is 4. The van der Waals surface area contributed by atoms with Crippen molar-refractivity contribution in [1.29, 1.82) is 0 Å². The van der Waals surface area contributed by atoms with E-state index in [1.54, 1.807) is 0 Å². The number of halogens is 3. The number of hydrogen-bond donors (Lipinski definition) is 0. The summed E-state index contributed by atoms with van der Waals surface area (Å²) < 4.78 is 52.9. The third-order valence-electron chi connectivity index (χ3n) is 4.38. The smallest absolute Gasteiger partial charge is 0.468 e. The number of thiophene rings is 1. The lowest BCUT2D eigenvalue weighted by molar-refractivity contribution is -0.0896. The number of ether oxygens (including phenoxy) is 1. The van der Waals surface area contributed by atoms with E-state index in [4.69, 9.17) is 9.15 Å². The Morgan fingerprint density at radius 2 is 1.72 bits per heavy atom. The number of nitrogens with zero attached hydrogens (tertiary/aromatic N) is 2. The Morgan fingerprint density at radius 1 is 1.03 bits per heavy atom. The van der Waals surface area contributed by atoms with E-state index < -0.39 is 17.7 Å². The minimum Gasteiger partial charge on any atom is -0.468 e. The van der Waals surface area contributed by atoms with Crippen molar-refractivity contribution in [2.75, 3.05) is 0 Å². The molecule has 0 saturated carbocycles. The van der Waals surface area contributed by atoms with Crippen molar-refractivity contribution in [2.45, 2.75) is 39.0 Å². The van der Waals surface area contributed by atoms with Gasteiger partial charge < -0.3 is 9.15 Å². The maximum Gasteiger partial charge on any atom is 0.468 e. The van der Waals surface area contributed by atoms with Crippen LogP contribution in [0.1, 0.15) is 32.0 Å². The first-order valence-corrected chi connectivity index (χ1v) is 10.8. The number of hydrogen-bond acceptors (Lipinski definition) is 5. The molecule has 166 valence electrons. The van der Waals surface area contributed by atoms with E-state index in [0.29, 0.717) is 10.6 Å². The Labute approximate surface area is 187 Å². The van der Waals surface area contributed by atoms with Crippen LogP contribution in [0.3, 0.4) is 0 Å². The molecule has 0 N–H and O–H groups in total. The van der Waals surface area contributed by atoms with E-state index in [1.807, 2.05) is 60.7 Å². The predicted octanol–water partition coefficient (Wildman–Crippen LogP) is 7.55. The van der Waals surface area contributed by atoms with Crippen LogP contribution in [0.15, 0.2) is 70.1 Å². The molecule has 4 aromatic rings. The van der Waals surface area contributed by atoms with Crippen molar-refractivity contribution < 1.29 is 22.3 Å². The molecule has 4 nitrogen and oxygen atoms in total. The molecule has 0 saturated heterocycles. The topological polar surface area (TPSA) is 47.6 Å². The minimum absolute atomic E-state index is 0.210. The maximum absolute atomic E-state index is 13.6. The van der Waals surface area contributed by atoms with Crippen molar-refractivity contribution >= 4 is 33.2 Å². The standard InChI is InChI=1S/C24H21F3N2O2S/c1-23(2,3)31-22(24(25,26)27)29-20-17(13-15-9-5-4-6-10-15)28-21(30-20)19-14-16-11-7-8-12-18(16)32-19/h4-12,14H,13H2,1-3H3/b29-22+.